The number of hydrogen-bond acceptors (Lipinski definition) is 0. The lowest BCUT2D eigenvalue weighted by Crippen LogP contribution is -1.79. The van der Waals surface area contributed by atoms with Gasteiger partial charge in [-0.2, -0.15) is 0 Å². The van der Waals surface area contributed by atoms with Crippen molar-refractivity contribution >= 4 is 0 Å². The molecule has 0 rings (SSSR count). The molecule has 0 N–H and O–H groups in total. The lowest BCUT2D eigenvalue weighted by molar-refractivity contribution is 0.901. The maximum atomic E-state index is 2.31. The van der Waals surface area contributed by atoms with Crippen molar-refractivity contribution < 1.29 is 0 Å². The number of rotatable bonds is 4. The molecule has 0 aromatic heterocycles. The predicted molar refractivity (Wildman–Crippen MR) is 52.7 cm³/mol. The van der Waals surface area contributed by atoms with Gasteiger partial charge in [0, 0.05) is 0 Å². The van der Waals surface area contributed by atoms with Crippen LogP contribution in [0.2, 0.25) is 0 Å². The van der Waals surface area contributed by atoms with Gasteiger partial charge in [-0.1, -0.05) is 43.6 Å². The maximum absolute atomic E-state index is 2.31. The summed E-state index contributed by atoms with van der Waals surface area (Å²) >= 11 is 0. The van der Waals surface area contributed by atoms with Crippen LogP contribution in [-0.2, 0) is 0 Å². The summed E-state index contributed by atoms with van der Waals surface area (Å²) in [4.78, 5) is 0. The minimum atomic E-state index is 1.15. The van der Waals surface area contributed by atoms with Crippen molar-refractivity contribution in [3.63, 3.8) is 0 Å². The molecule has 0 saturated carbocycles. The summed E-state index contributed by atoms with van der Waals surface area (Å²) in [6, 6.07) is 0. The maximum Gasteiger partial charge on any atom is -0.0311 e. The van der Waals surface area contributed by atoms with E-state index in [0.29, 0.717) is 0 Å². The standard InChI is InChI=1S/C11H20/c1-5-8-10(4)9-11(6-2)7-3/h6,9H,5,7-8H2,1-4H3/b10-9+,11-6+. The molecule has 0 aliphatic carbocycles. The Hall–Kier alpha value is -0.520. The van der Waals surface area contributed by atoms with Crippen LogP contribution in [0.4, 0.5) is 0 Å². The number of allylic oxidation sites excluding steroid dienone is 4. The smallest absolute Gasteiger partial charge is 0.0311 e. The van der Waals surface area contributed by atoms with Gasteiger partial charge in [-0.15, -0.1) is 0 Å². The molecule has 0 aromatic rings. The Labute approximate surface area is 71.0 Å². The van der Waals surface area contributed by atoms with E-state index < -0.39 is 0 Å². The zero-order valence-electron chi connectivity index (χ0n) is 8.28. The Kier molecular flexibility index (Phi) is 5.91. The molecule has 0 aromatic carbocycles. The van der Waals surface area contributed by atoms with Crippen molar-refractivity contribution in [1.82, 2.24) is 0 Å². The molecule has 0 amide bonds. The summed E-state index contributed by atoms with van der Waals surface area (Å²) in [6.45, 7) is 8.74. The van der Waals surface area contributed by atoms with E-state index >= 15 is 0 Å². The summed E-state index contributed by atoms with van der Waals surface area (Å²) < 4.78 is 0. The van der Waals surface area contributed by atoms with Crippen molar-refractivity contribution in [3.05, 3.63) is 23.3 Å². The molecule has 0 heterocycles. The summed E-state index contributed by atoms with van der Waals surface area (Å²) in [6.07, 6.45) is 8.14. The molecule has 0 radical (unpaired) electrons. The van der Waals surface area contributed by atoms with Gasteiger partial charge in [0.05, 0.1) is 0 Å². The lowest BCUT2D eigenvalue weighted by Gasteiger charge is -1.99. The van der Waals surface area contributed by atoms with E-state index in [0.717, 1.165) is 6.42 Å². The third-order valence-electron chi connectivity index (χ3n) is 1.86. The highest BCUT2D eigenvalue weighted by atomic mass is 14.0. The van der Waals surface area contributed by atoms with Gasteiger partial charge in [0.1, 0.15) is 0 Å². The summed E-state index contributed by atoms with van der Waals surface area (Å²) in [5, 5.41) is 0. The van der Waals surface area contributed by atoms with Gasteiger partial charge in [0.15, 0.2) is 0 Å². The van der Waals surface area contributed by atoms with E-state index in [4.69, 9.17) is 0 Å². The summed E-state index contributed by atoms with van der Waals surface area (Å²) in [5.74, 6) is 0. The van der Waals surface area contributed by atoms with Crippen LogP contribution in [0.25, 0.3) is 0 Å². The highest BCUT2D eigenvalue weighted by Gasteiger charge is 1.89. The molecule has 64 valence electrons. The largest absolute Gasteiger partial charge is 0.0845 e. The third-order valence-corrected chi connectivity index (χ3v) is 1.86. The van der Waals surface area contributed by atoms with E-state index in [9.17, 15) is 0 Å². The van der Waals surface area contributed by atoms with E-state index in [1.54, 1.807) is 0 Å². The molecule has 0 aliphatic rings. The lowest BCUT2D eigenvalue weighted by atomic mass is 10.1. The third kappa shape index (κ3) is 4.83. The molecular formula is C11H20. The Morgan fingerprint density at radius 3 is 2.27 bits per heavy atom. The van der Waals surface area contributed by atoms with Crippen molar-refractivity contribution in [2.75, 3.05) is 0 Å². The van der Waals surface area contributed by atoms with Gasteiger partial charge in [-0.05, 0) is 26.7 Å². The average molecular weight is 152 g/mol. The van der Waals surface area contributed by atoms with E-state index in [1.807, 2.05) is 0 Å². The first kappa shape index (κ1) is 10.5. The predicted octanol–water partition coefficient (Wildman–Crippen LogP) is 4.09. The molecule has 0 unspecified atom stereocenters. The molecular weight excluding hydrogens is 132 g/mol. The van der Waals surface area contributed by atoms with Crippen LogP contribution in [0.1, 0.15) is 47.0 Å². The van der Waals surface area contributed by atoms with E-state index in [2.05, 4.69) is 39.8 Å². The molecule has 0 bridgehead atoms. The molecule has 0 fully saturated rings. The zero-order valence-corrected chi connectivity index (χ0v) is 8.28. The zero-order chi connectivity index (χ0) is 8.69. The van der Waals surface area contributed by atoms with Crippen molar-refractivity contribution in [1.29, 1.82) is 0 Å². The Morgan fingerprint density at radius 2 is 1.91 bits per heavy atom. The van der Waals surface area contributed by atoms with Crippen LogP contribution in [-0.4, -0.2) is 0 Å². The van der Waals surface area contributed by atoms with Crippen molar-refractivity contribution in [3.8, 4) is 0 Å². The van der Waals surface area contributed by atoms with E-state index in [1.165, 1.54) is 24.0 Å². The van der Waals surface area contributed by atoms with Gasteiger partial charge in [-0.3, -0.25) is 0 Å². The molecule has 0 aliphatic heterocycles. The topological polar surface area (TPSA) is 0 Å². The monoisotopic (exact) mass is 152 g/mol. The molecule has 0 atom stereocenters. The van der Waals surface area contributed by atoms with Gasteiger partial charge >= 0.3 is 0 Å². The Balaban J connectivity index is 4.04. The van der Waals surface area contributed by atoms with Gasteiger partial charge in [0.2, 0.25) is 0 Å². The minimum Gasteiger partial charge on any atom is -0.0845 e. The van der Waals surface area contributed by atoms with Gasteiger partial charge in [0.25, 0.3) is 0 Å². The molecule has 0 nitrogen and oxygen atoms in total. The summed E-state index contributed by atoms with van der Waals surface area (Å²) in [5.41, 5.74) is 2.96. The Bertz CT molecular complexity index is 149. The quantitative estimate of drug-likeness (QED) is 0.532. The van der Waals surface area contributed by atoms with Crippen molar-refractivity contribution in [2.24, 2.45) is 0 Å². The molecule has 0 heteroatoms. The first-order chi connectivity index (χ1) is 5.24. The van der Waals surface area contributed by atoms with Crippen LogP contribution in [0.5, 0.6) is 0 Å². The fraction of sp³-hybridized carbons (Fsp3) is 0.636. The van der Waals surface area contributed by atoms with Crippen LogP contribution in [0, 0.1) is 0 Å². The SMILES string of the molecule is C/C=C(/C=C(\C)CCC)CC. The second-order valence-corrected chi connectivity index (χ2v) is 2.96. The molecule has 0 spiro atoms. The molecule has 11 heavy (non-hydrogen) atoms. The van der Waals surface area contributed by atoms with Crippen molar-refractivity contribution in [2.45, 2.75) is 47.0 Å². The van der Waals surface area contributed by atoms with Gasteiger partial charge < -0.3 is 0 Å². The second-order valence-electron chi connectivity index (χ2n) is 2.96. The van der Waals surface area contributed by atoms with Crippen LogP contribution < -0.4 is 0 Å². The van der Waals surface area contributed by atoms with Crippen LogP contribution >= 0.6 is 0 Å². The second kappa shape index (κ2) is 6.21. The number of hydrogen-bond donors (Lipinski definition) is 0. The normalized spacial score (nSPS) is 13.8. The highest BCUT2D eigenvalue weighted by molar-refractivity contribution is 5.21. The molecule has 0 saturated heterocycles. The Morgan fingerprint density at radius 1 is 1.27 bits per heavy atom. The highest BCUT2D eigenvalue weighted by Crippen LogP contribution is 2.10. The first-order valence-electron chi connectivity index (χ1n) is 4.56. The van der Waals surface area contributed by atoms with Crippen LogP contribution in [0.3, 0.4) is 0 Å². The average Bonchev–Trinajstić information content (AvgIpc) is 2.01. The van der Waals surface area contributed by atoms with Crippen LogP contribution in [0.15, 0.2) is 23.3 Å². The van der Waals surface area contributed by atoms with Gasteiger partial charge in [-0.25, -0.2) is 0 Å². The minimum absolute atomic E-state index is 1.15. The fourth-order valence-electron chi connectivity index (χ4n) is 1.17. The van der Waals surface area contributed by atoms with E-state index in [-0.39, 0.29) is 0 Å². The first-order valence-corrected chi connectivity index (χ1v) is 4.56. The fourth-order valence-corrected chi connectivity index (χ4v) is 1.17. The summed E-state index contributed by atoms with van der Waals surface area (Å²) in [7, 11) is 0.